The molecular formula is C12H19N3O3S. The molecule has 1 fully saturated rings. The second kappa shape index (κ2) is 4.99. The molecule has 0 saturated carbocycles. The first-order valence-corrected chi connectivity index (χ1v) is 7.62. The number of primary sulfonamides is 1. The van der Waals surface area contributed by atoms with Crippen molar-refractivity contribution in [2.24, 2.45) is 5.14 Å². The number of nitrogens with two attached hydrogens (primary N) is 2. The summed E-state index contributed by atoms with van der Waals surface area (Å²) in [5, 5.41) is 5.26. The van der Waals surface area contributed by atoms with E-state index in [0.717, 1.165) is 6.42 Å². The third-order valence-corrected chi connectivity index (χ3v) is 4.44. The van der Waals surface area contributed by atoms with Crippen molar-refractivity contribution in [2.75, 3.05) is 24.3 Å². The number of nitrogen functional groups attached to an aromatic ring is 1. The van der Waals surface area contributed by atoms with E-state index in [1.165, 1.54) is 6.07 Å². The Morgan fingerprint density at radius 3 is 2.63 bits per heavy atom. The van der Waals surface area contributed by atoms with E-state index in [0.29, 0.717) is 18.0 Å². The van der Waals surface area contributed by atoms with Crippen molar-refractivity contribution >= 4 is 21.4 Å². The molecule has 7 heteroatoms. The molecule has 1 aliphatic heterocycles. The van der Waals surface area contributed by atoms with E-state index in [9.17, 15) is 8.42 Å². The van der Waals surface area contributed by atoms with Gasteiger partial charge in [0.25, 0.3) is 0 Å². The monoisotopic (exact) mass is 285 g/mol. The summed E-state index contributed by atoms with van der Waals surface area (Å²) in [6.07, 6.45) is 0.905. The lowest BCUT2D eigenvalue weighted by Gasteiger charge is -2.30. The summed E-state index contributed by atoms with van der Waals surface area (Å²) in [5.41, 5.74) is 6.57. The van der Waals surface area contributed by atoms with Crippen LogP contribution in [0.4, 0.5) is 11.4 Å². The highest BCUT2D eigenvalue weighted by Crippen LogP contribution is 2.30. The lowest BCUT2D eigenvalue weighted by Crippen LogP contribution is -2.37. The minimum absolute atomic E-state index is 0.0501. The van der Waals surface area contributed by atoms with Crippen molar-refractivity contribution in [2.45, 2.75) is 30.4 Å². The van der Waals surface area contributed by atoms with Crippen LogP contribution in [0.5, 0.6) is 0 Å². The molecule has 1 aromatic rings. The SMILES string of the molecule is CC1OCCC1N(C)c1ccc(N)cc1S(N)(=O)=O. The number of likely N-dealkylation sites (N-methyl/N-ethyl adjacent to an activating group) is 1. The van der Waals surface area contributed by atoms with E-state index < -0.39 is 10.0 Å². The van der Waals surface area contributed by atoms with E-state index >= 15 is 0 Å². The molecule has 2 atom stereocenters. The summed E-state index contributed by atoms with van der Waals surface area (Å²) in [4.78, 5) is 1.95. The van der Waals surface area contributed by atoms with E-state index in [1.54, 1.807) is 12.1 Å². The molecule has 0 amide bonds. The van der Waals surface area contributed by atoms with Gasteiger partial charge in [-0.1, -0.05) is 0 Å². The quantitative estimate of drug-likeness (QED) is 0.789. The summed E-state index contributed by atoms with van der Waals surface area (Å²) < 4.78 is 28.9. The Kier molecular flexibility index (Phi) is 3.71. The first-order chi connectivity index (χ1) is 8.80. The fourth-order valence-electron chi connectivity index (χ4n) is 2.46. The smallest absolute Gasteiger partial charge is 0.240 e. The highest BCUT2D eigenvalue weighted by molar-refractivity contribution is 7.89. The third kappa shape index (κ3) is 2.83. The minimum atomic E-state index is -3.81. The first-order valence-electron chi connectivity index (χ1n) is 6.07. The van der Waals surface area contributed by atoms with Crippen molar-refractivity contribution in [3.63, 3.8) is 0 Å². The van der Waals surface area contributed by atoms with Gasteiger partial charge in [-0.3, -0.25) is 0 Å². The Bertz CT molecular complexity index is 574. The molecule has 4 N–H and O–H groups in total. The summed E-state index contributed by atoms with van der Waals surface area (Å²) in [7, 11) is -1.97. The molecule has 19 heavy (non-hydrogen) atoms. The highest BCUT2D eigenvalue weighted by atomic mass is 32.2. The van der Waals surface area contributed by atoms with Gasteiger partial charge in [-0.15, -0.1) is 0 Å². The van der Waals surface area contributed by atoms with Crippen LogP contribution in [0.3, 0.4) is 0 Å². The topological polar surface area (TPSA) is 98.7 Å². The number of hydrogen-bond donors (Lipinski definition) is 2. The molecule has 0 aliphatic carbocycles. The molecule has 1 heterocycles. The Morgan fingerprint density at radius 2 is 2.11 bits per heavy atom. The maximum Gasteiger partial charge on any atom is 0.240 e. The fraction of sp³-hybridized carbons (Fsp3) is 0.500. The van der Waals surface area contributed by atoms with Gasteiger partial charge >= 0.3 is 0 Å². The van der Waals surface area contributed by atoms with Crippen molar-refractivity contribution < 1.29 is 13.2 Å². The summed E-state index contributed by atoms with van der Waals surface area (Å²) in [6, 6.07) is 4.87. The lowest BCUT2D eigenvalue weighted by atomic mass is 10.1. The Hall–Kier alpha value is -1.31. The largest absolute Gasteiger partial charge is 0.399 e. The Labute approximate surface area is 113 Å². The van der Waals surface area contributed by atoms with Crippen molar-refractivity contribution in [1.29, 1.82) is 0 Å². The van der Waals surface area contributed by atoms with Crippen LogP contribution in [0.25, 0.3) is 0 Å². The second-order valence-corrected chi connectivity index (χ2v) is 6.34. The number of benzene rings is 1. The zero-order valence-corrected chi connectivity index (χ0v) is 11.9. The van der Waals surface area contributed by atoms with Crippen LogP contribution in [-0.4, -0.2) is 34.2 Å². The maximum atomic E-state index is 11.7. The Morgan fingerprint density at radius 1 is 1.42 bits per heavy atom. The van der Waals surface area contributed by atoms with Gasteiger partial charge in [0.15, 0.2) is 0 Å². The van der Waals surface area contributed by atoms with Crippen LogP contribution >= 0.6 is 0 Å². The second-order valence-electron chi connectivity index (χ2n) is 4.82. The average Bonchev–Trinajstić information content (AvgIpc) is 2.73. The van der Waals surface area contributed by atoms with E-state index in [-0.39, 0.29) is 17.0 Å². The minimum Gasteiger partial charge on any atom is -0.399 e. The summed E-state index contributed by atoms with van der Waals surface area (Å²) in [6.45, 7) is 2.65. The van der Waals surface area contributed by atoms with Gasteiger partial charge in [0, 0.05) is 19.3 Å². The summed E-state index contributed by atoms with van der Waals surface area (Å²) >= 11 is 0. The molecular weight excluding hydrogens is 266 g/mol. The molecule has 6 nitrogen and oxygen atoms in total. The van der Waals surface area contributed by atoms with Gasteiger partial charge in [-0.2, -0.15) is 0 Å². The predicted molar refractivity (Wildman–Crippen MR) is 74.4 cm³/mol. The molecule has 1 saturated heterocycles. The molecule has 0 bridgehead atoms. The van der Waals surface area contributed by atoms with E-state index in [4.69, 9.17) is 15.6 Å². The van der Waals surface area contributed by atoms with Crippen LogP contribution in [0, 0.1) is 0 Å². The van der Waals surface area contributed by atoms with Crippen LogP contribution < -0.4 is 15.8 Å². The van der Waals surface area contributed by atoms with E-state index in [2.05, 4.69) is 0 Å². The van der Waals surface area contributed by atoms with Gasteiger partial charge in [-0.05, 0) is 31.5 Å². The Balaban J connectivity index is 2.44. The summed E-state index contributed by atoms with van der Waals surface area (Å²) in [5.74, 6) is 0. The van der Waals surface area contributed by atoms with Crippen LogP contribution in [-0.2, 0) is 14.8 Å². The molecule has 106 valence electrons. The number of ether oxygens (including phenoxy) is 1. The molecule has 0 spiro atoms. The molecule has 2 rings (SSSR count). The highest BCUT2D eigenvalue weighted by Gasteiger charge is 2.30. The van der Waals surface area contributed by atoms with Gasteiger partial charge < -0.3 is 15.4 Å². The fourth-order valence-corrected chi connectivity index (χ4v) is 3.26. The molecule has 1 aromatic carbocycles. The van der Waals surface area contributed by atoms with Crippen LogP contribution in [0.1, 0.15) is 13.3 Å². The molecule has 1 aliphatic rings. The maximum absolute atomic E-state index is 11.7. The van der Waals surface area contributed by atoms with Gasteiger partial charge in [0.05, 0.1) is 17.8 Å². The third-order valence-electron chi connectivity index (χ3n) is 3.50. The number of hydrogen-bond acceptors (Lipinski definition) is 5. The number of sulfonamides is 1. The standard InChI is InChI=1S/C12H19N3O3S/c1-8-10(5-6-18-8)15(2)11-4-3-9(13)7-12(11)19(14,16)17/h3-4,7-8,10H,5-6,13H2,1-2H3,(H2,14,16,17). The predicted octanol–water partition coefficient (Wildman–Crippen LogP) is 0.530. The molecule has 0 radical (unpaired) electrons. The molecule has 0 aromatic heterocycles. The lowest BCUT2D eigenvalue weighted by molar-refractivity contribution is 0.118. The number of rotatable bonds is 3. The van der Waals surface area contributed by atoms with Crippen molar-refractivity contribution in [3.8, 4) is 0 Å². The zero-order chi connectivity index (χ0) is 14.2. The van der Waals surface area contributed by atoms with Crippen LogP contribution in [0.15, 0.2) is 23.1 Å². The van der Waals surface area contributed by atoms with Crippen molar-refractivity contribution in [3.05, 3.63) is 18.2 Å². The average molecular weight is 285 g/mol. The van der Waals surface area contributed by atoms with Gasteiger partial charge in [0.2, 0.25) is 10.0 Å². The first kappa shape index (κ1) is 14.1. The normalized spacial score (nSPS) is 23.5. The number of anilines is 2. The van der Waals surface area contributed by atoms with Crippen molar-refractivity contribution in [1.82, 2.24) is 0 Å². The molecule has 2 unspecified atom stereocenters. The number of nitrogens with zero attached hydrogens (tertiary/aromatic N) is 1. The van der Waals surface area contributed by atoms with Crippen LogP contribution in [0.2, 0.25) is 0 Å². The van der Waals surface area contributed by atoms with Gasteiger partial charge in [0.1, 0.15) is 4.90 Å². The van der Waals surface area contributed by atoms with Gasteiger partial charge in [-0.25, -0.2) is 13.6 Å². The zero-order valence-electron chi connectivity index (χ0n) is 11.0. The van der Waals surface area contributed by atoms with E-state index in [1.807, 2.05) is 18.9 Å².